The molecule has 3 heterocycles. The van der Waals surface area contributed by atoms with Gasteiger partial charge in [-0.15, -0.1) is 0 Å². The monoisotopic (exact) mass is 429 g/mol. The average Bonchev–Trinajstić information content (AvgIpc) is 3.43. The number of halogens is 1. The van der Waals surface area contributed by atoms with E-state index in [2.05, 4.69) is 38.6 Å². The minimum Gasteiger partial charge on any atom is -0.356 e. The van der Waals surface area contributed by atoms with Gasteiger partial charge in [-0.1, -0.05) is 30.3 Å². The lowest BCUT2D eigenvalue weighted by Gasteiger charge is -2.19. The summed E-state index contributed by atoms with van der Waals surface area (Å²) in [6.07, 6.45) is 2.17. The highest BCUT2D eigenvalue weighted by Gasteiger charge is 2.26. The van der Waals surface area contributed by atoms with Gasteiger partial charge in [0, 0.05) is 24.5 Å². The van der Waals surface area contributed by atoms with E-state index in [4.69, 9.17) is 0 Å². The second-order valence-electron chi connectivity index (χ2n) is 8.08. The van der Waals surface area contributed by atoms with Crippen LogP contribution < -0.4 is 10.2 Å². The number of anilines is 2. The molecule has 0 unspecified atom stereocenters. The summed E-state index contributed by atoms with van der Waals surface area (Å²) in [7, 11) is 0. The van der Waals surface area contributed by atoms with Gasteiger partial charge < -0.3 is 10.2 Å². The van der Waals surface area contributed by atoms with Gasteiger partial charge in [0.2, 0.25) is 5.82 Å². The highest BCUT2D eigenvalue weighted by molar-refractivity contribution is 6.04. The summed E-state index contributed by atoms with van der Waals surface area (Å²) in [5.74, 6) is -0.242. The Kier molecular flexibility index (Phi) is 5.09. The fourth-order valence-electron chi connectivity index (χ4n) is 4.34. The lowest BCUT2D eigenvalue weighted by molar-refractivity contribution is 0.101. The summed E-state index contributed by atoms with van der Waals surface area (Å²) >= 11 is 0. The smallest absolute Gasteiger partial charge is 0.293 e. The van der Waals surface area contributed by atoms with Crippen LogP contribution in [0.2, 0.25) is 0 Å². The van der Waals surface area contributed by atoms with E-state index < -0.39 is 11.7 Å². The molecule has 1 aliphatic heterocycles. The van der Waals surface area contributed by atoms with E-state index >= 15 is 0 Å². The molecule has 5 rings (SSSR count). The van der Waals surface area contributed by atoms with Crippen LogP contribution in [0.25, 0.3) is 16.7 Å². The molecule has 6 nitrogen and oxygen atoms in total. The maximum atomic E-state index is 14.1. The molecule has 0 atom stereocenters. The molecule has 4 aromatic rings. The van der Waals surface area contributed by atoms with E-state index in [0.717, 1.165) is 54.1 Å². The molecule has 0 aliphatic carbocycles. The number of hydrogen-bond acceptors (Lipinski definition) is 4. The summed E-state index contributed by atoms with van der Waals surface area (Å²) in [4.78, 5) is 24.7. The summed E-state index contributed by atoms with van der Waals surface area (Å²) in [5.41, 5.74) is 3.89. The molecule has 1 fully saturated rings. The van der Waals surface area contributed by atoms with Gasteiger partial charge in [0.15, 0.2) is 5.65 Å². The number of benzene rings is 2. The Hall–Kier alpha value is -3.74. The number of nitrogens with zero attached hydrogens (tertiary/aromatic N) is 4. The number of rotatable bonds is 4. The molecule has 0 bridgehead atoms. The Morgan fingerprint density at radius 2 is 1.66 bits per heavy atom. The number of fused-ring (bicyclic) bond motifs is 1. The molecule has 2 aromatic heterocycles. The maximum Gasteiger partial charge on any atom is 0.293 e. The fraction of sp³-hybridized carbons (Fsp3) is 0.240. The first kappa shape index (κ1) is 20.2. The topological polar surface area (TPSA) is 63.1 Å². The first-order chi connectivity index (χ1) is 15.5. The van der Waals surface area contributed by atoms with Gasteiger partial charge in [-0.05, 0) is 56.5 Å². The normalized spacial score (nSPS) is 13.7. The predicted octanol–water partition coefficient (Wildman–Crippen LogP) is 5.03. The van der Waals surface area contributed by atoms with Crippen LogP contribution >= 0.6 is 0 Å². The molecular formula is C25H24FN5O. The van der Waals surface area contributed by atoms with Gasteiger partial charge in [-0.25, -0.2) is 14.4 Å². The lowest BCUT2D eigenvalue weighted by atomic mass is 10.2. The van der Waals surface area contributed by atoms with Crippen molar-refractivity contribution in [3.05, 3.63) is 77.5 Å². The quantitative estimate of drug-likeness (QED) is 0.494. The molecule has 32 heavy (non-hydrogen) atoms. The van der Waals surface area contributed by atoms with E-state index in [-0.39, 0.29) is 11.5 Å². The fourth-order valence-corrected chi connectivity index (χ4v) is 4.34. The van der Waals surface area contributed by atoms with Crippen LogP contribution in [0.1, 0.15) is 34.7 Å². The van der Waals surface area contributed by atoms with E-state index in [1.165, 1.54) is 12.1 Å². The second kappa shape index (κ2) is 8.07. The molecule has 1 amide bonds. The van der Waals surface area contributed by atoms with E-state index in [1.807, 2.05) is 30.3 Å². The van der Waals surface area contributed by atoms with Crippen LogP contribution in [0, 0.1) is 19.7 Å². The van der Waals surface area contributed by atoms with Gasteiger partial charge in [0.05, 0.1) is 11.1 Å². The standard InChI is InChI=1S/C25H24FN5O/c1-16-17(2)31(18-10-4-3-5-11-18)24-21(16)23(30-14-8-9-15-30)28-22(29-24)25(32)27-20-13-7-6-12-19(20)26/h3-7,10-13H,8-9,14-15H2,1-2H3,(H,27,32). The molecule has 0 saturated carbocycles. The Morgan fingerprint density at radius 1 is 0.969 bits per heavy atom. The minimum absolute atomic E-state index is 0.0253. The second-order valence-corrected chi connectivity index (χ2v) is 8.08. The van der Waals surface area contributed by atoms with Crippen molar-refractivity contribution in [3.8, 4) is 5.69 Å². The molecule has 1 aliphatic rings. The van der Waals surface area contributed by atoms with Crippen molar-refractivity contribution in [2.75, 3.05) is 23.3 Å². The number of carbonyl (C=O) groups is 1. The summed E-state index contributed by atoms with van der Waals surface area (Å²) in [5, 5.41) is 3.58. The van der Waals surface area contributed by atoms with Gasteiger partial charge in [-0.3, -0.25) is 9.36 Å². The van der Waals surface area contributed by atoms with Crippen LogP contribution in [0.4, 0.5) is 15.9 Å². The highest BCUT2D eigenvalue weighted by Crippen LogP contribution is 2.35. The van der Waals surface area contributed by atoms with Crippen molar-refractivity contribution in [1.29, 1.82) is 0 Å². The summed E-state index contributed by atoms with van der Waals surface area (Å²) in [6.45, 7) is 5.89. The zero-order valence-electron chi connectivity index (χ0n) is 18.1. The Bertz CT molecular complexity index is 1310. The lowest BCUT2D eigenvalue weighted by Crippen LogP contribution is -2.23. The van der Waals surface area contributed by atoms with Crippen molar-refractivity contribution >= 4 is 28.4 Å². The number of aromatic nitrogens is 3. The zero-order valence-corrected chi connectivity index (χ0v) is 18.1. The first-order valence-electron chi connectivity index (χ1n) is 10.8. The number of carbonyl (C=O) groups excluding carboxylic acids is 1. The van der Waals surface area contributed by atoms with E-state index in [0.29, 0.717) is 5.65 Å². The van der Waals surface area contributed by atoms with E-state index in [1.54, 1.807) is 12.1 Å². The summed E-state index contributed by atoms with van der Waals surface area (Å²) in [6, 6.07) is 16.0. The molecule has 0 spiro atoms. The number of aryl methyl sites for hydroxylation is 1. The Balaban J connectivity index is 1.70. The molecule has 7 heteroatoms. The molecule has 162 valence electrons. The Labute approximate surface area is 185 Å². The molecule has 0 radical (unpaired) electrons. The molecule has 1 N–H and O–H groups in total. The van der Waals surface area contributed by atoms with Crippen molar-refractivity contribution < 1.29 is 9.18 Å². The molecule has 2 aromatic carbocycles. The zero-order chi connectivity index (χ0) is 22.2. The van der Waals surface area contributed by atoms with Crippen molar-refractivity contribution in [3.63, 3.8) is 0 Å². The third-order valence-corrected chi connectivity index (χ3v) is 6.08. The summed E-state index contributed by atoms with van der Waals surface area (Å²) < 4.78 is 16.2. The van der Waals surface area contributed by atoms with Crippen molar-refractivity contribution in [2.45, 2.75) is 26.7 Å². The van der Waals surface area contributed by atoms with Crippen LogP contribution in [0.15, 0.2) is 54.6 Å². The molecule has 1 saturated heterocycles. The maximum absolute atomic E-state index is 14.1. The van der Waals surface area contributed by atoms with Gasteiger partial charge >= 0.3 is 0 Å². The van der Waals surface area contributed by atoms with Gasteiger partial charge in [0.1, 0.15) is 11.6 Å². The van der Waals surface area contributed by atoms with Gasteiger partial charge in [-0.2, -0.15) is 0 Å². The van der Waals surface area contributed by atoms with Gasteiger partial charge in [0.25, 0.3) is 5.91 Å². The third-order valence-electron chi connectivity index (χ3n) is 6.08. The Morgan fingerprint density at radius 3 is 2.38 bits per heavy atom. The predicted molar refractivity (Wildman–Crippen MR) is 124 cm³/mol. The minimum atomic E-state index is -0.534. The van der Waals surface area contributed by atoms with Crippen LogP contribution in [-0.2, 0) is 0 Å². The average molecular weight is 429 g/mol. The third kappa shape index (κ3) is 3.39. The largest absolute Gasteiger partial charge is 0.356 e. The SMILES string of the molecule is Cc1c(C)n(-c2ccccc2)c2nc(C(=O)Nc3ccccc3F)nc(N3CCCC3)c12. The van der Waals surface area contributed by atoms with E-state index in [9.17, 15) is 9.18 Å². The molecular weight excluding hydrogens is 405 g/mol. The number of hydrogen-bond donors (Lipinski definition) is 1. The number of amides is 1. The van der Waals surface area contributed by atoms with Crippen LogP contribution in [-0.4, -0.2) is 33.5 Å². The number of nitrogens with one attached hydrogen (secondary N) is 1. The van der Waals surface area contributed by atoms with Crippen molar-refractivity contribution in [2.24, 2.45) is 0 Å². The van der Waals surface area contributed by atoms with Crippen molar-refractivity contribution in [1.82, 2.24) is 14.5 Å². The highest BCUT2D eigenvalue weighted by atomic mass is 19.1. The number of para-hydroxylation sites is 2. The van der Waals surface area contributed by atoms with Crippen LogP contribution in [0.5, 0.6) is 0 Å². The first-order valence-corrected chi connectivity index (χ1v) is 10.8. The van der Waals surface area contributed by atoms with Crippen LogP contribution in [0.3, 0.4) is 0 Å².